The van der Waals surface area contributed by atoms with Crippen LogP contribution in [0.2, 0.25) is 0 Å². The number of ether oxygens (including phenoxy) is 1. The van der Waals surface area contributed by atoms with Crippen molar-refractivity contribution in [3.63, 3.8) is 0 Å². The third kappa shape index (κ3) is 7.00. The molecule has 0 saturated heterocycles. The van der Waals surface area contributed by atoms with Crippen LogP contribution in [0.25, 0.3) is 6.08 Å². The average Bonchev–Trinajstić information content (AvgIpc) is 2.69. The van der Waals surface area contributed by atoms with Crippen molar-refractivity contribution in [1.82, 2.24) is 15.3 Å². The number of nitrogens with zero attached hydrogens (tertiary/aromatic N) is 2. The Morgan fingerprint density at radius 3 is 2.56 bits per heavy atom. The molecule has 148 valence electrons. The second kappa shape index (κ2) is 10.6. The molecule has 1 aromatic rings. The van der Waals surface area contributed by atoms with Crippen molar-refractivity contribution in [2.75, 3.05) is 19.0 Å². The van der Waals surface area contributed by atoms with Gasteiger partial charge in [-0.15, -0.1) is 0 Å². The van der Waals surface area contributed by atoms with Gasteiger partial charge in [-0.25, -0.2) is 9.78 Å². The molecule has 2 N–H and O–H groups in total. The van der Waals surface area contributed by atoms with E-state index in [0.29, 0.717) is 17.4 Å². The third-order valence-corrected chi connectivity index (χ3v) is 4.81. The van der Waals surface area contributed by atoms with E-state index in [0.717, 1.165) is 6.54 Å². The molecule has 1 atom stereocenters. The molecule has 1 amide bonds. The summed E-state index contributed by atoms with van der Waals surface area (Å²) in [4.78, 5) is 32.2. The monoisotopic (exact) mass is 374 g/mol. The Labute approximate surface area is 161 Å². The Hall–Kier alpha value is -2.44. The highest BCUT2D eigenvalue weighted by Gasteiger charge is 2.23. The Kier molecular flexibility index (Phi) is 8.23. The number of hydrogen-bond donors (Lipinski definition) is 2. The van der Waals surface area contributed by atoms with Gasteiger partial charge in [0.05, 0.1) is 25.2 Å². The smallest absolute Gasteiger partial charge is 0.330 e. The van der Waals surface area contributed by atoms with Crippen LogP contribution in [0.5, 0.6) is 0 Å². The lowest BCUT2D eigenvalue weighted by atomic mass is 9.89. The Morgan fingerprint density at radius 1 is 1.22 bits per heavy atom. The molecule has 1 fully saturated rings. The van der Waals surface area contributed by atoms with Crippen LogP contribution in [0.3, 0.4) is 0 Å². The van der Waals surface area contributed by atoms with Crippen LogP contribution in [0, 0.1) is 11.8 Å². The number of amides is 1. The van der Waals surface area contributed by atoms with Crippen LogP contribution in [-0.4, -0.2) is 41.5 Å². The first-order valence-corrected chi connectivity index (χ1v) is 9.62. The van der Waals surface area contributed by atoms with Gasteiger partial charge >= 0.3 is 5.97 Å². The largest absolute Gasteiger partial charge is 0.466 e. The maximum Gasteiger partial charge on any atom is 0.330 e. The fourth-order valence-electron chi connectivity index (χ4n) is 3.16. The van der Waals surface area contributed by atoms with Crippen molar-refractivity contribution < 1.29 is 14.3 Å². The third-order valence-electron chi connectivity index (χ3n) is 4.81. The van der Waals surface area contributed by atoms with E-state index in [2.05, 4.69) is 25.3 Å². The van der Waals surface area contributed by atoms with Gasteiger partial charge in [0.2, 0.25) is 5.91 Å². The summed E-state index contributed by atoms with van der Waals surface area (Å²) in [7, 11) is 1.32. The molecule has 0 unspecified atom stereocenters. The minimum Gasteiger partial charge on any atom is -0.466 e. The average molecular weight is 374 g/mol. The molecule has 0 spiro atoms. The molecule has 7 heteroatoms. The minimum atomic E-state index is -0.450. The first kappa shape index (κ1) is 20.9. The van der Waals surface area contributed by atoms with Crippen molar-refractivity contribution in [2.45, 2.75) is 52.0 Å². The molecule has 1 aliphatic carbocycles. The van der Waals surface area contributed by atoms with E-state index in [1.807, 2.05) is 13.8 Å². The van der Waals surface area contributed by atoms with Crippen molar-refractivity contribution in [1.29, 1.82) is 0 Å². The van der Waals surface area contributed by atoms with Gasteiger partial charge in [-0.3, -0.25) is 9.78 Å². The number of methoxy groups -OCH3 is 1. The van der Waals surface area contributed by atoms with Crippen LogP contribution in [0.1, 0.15) is 51.6 Å². The van der Waals surface area contributed by atoms with Crippen LogP contribution >= 0.6 is 0 Å². The standard InChI is InChI=1S/C20H30N4O3/c1-14(2)19(20(26)23-11-15-7-5-4-6-8-15)24-17-13-21-16(12-22-17)9-10-18(25)27-3/h9-10,12-15,19H,4-8,11H2,1-3H3,(H,22,24)(H,23,26)/t19-/m1/s1. The first-order chi connectivity index (χ1) is 13.0. The van der Waals surface area contributed by atoms with Crippen molar-refractivity contribution in [3.8, 4) is 0 Å². The number of carbonyl (C=O) groups excluding carboxylic acids is 2. The van der Waals surface area contributed by atoms with E-state index in [1.165, 1.54) is 51.4 Å². The number of rotatable bonds is 8. The van der Waals surface area contributed by atoms with Gasteiger partial charge < -0.3 is 15.4 Å². The highest BCUT2D eigenvalue weighted by atomic mass is 16.5. The van der Waals surface area contributed by atoms with Crippen molar-refractivity contribution in [2.24, 2.45) is 11.8 Å². The Morgan fingerprint density at radius 2 is 1.96 bits per heavy atom. The molecule has 2 rings (SSSR count). The number of hydrogen-bond acceptors (Lipinski definition) is 6. The maximum atomic E-state index is 12.6. The van der Waals surface area contributed by atoms with E-state index in [1.54, 1.807) is 12.4 Å². The van der Waals surface area contributed by atoms with Gasteiger partial charge in [-0.1, -0.05) is 33.1 Å². The van der Waals surface area contributed by atoms with Gasteiger partial charge in [-0.05, 0) is 30.8 Å². The summed E-state index contributed by atoms with van der Waals surface area (Å²) < 4.78 is 4.54. The van der Waals surface area contributed by atoms with Gasteiger partial charge in [0.25, 0.3) is 0 Å². The number of anilines is 1. The number of nitrogens with one attached hydrogen (secondary N) is 2. The zero-order valence-electron chi connectivity index (χ0n) is 16.4. The lowest BCUT2D eigenvalue weighted by Gasteiger charge is -2.25. The molecule has 0 aliphatic heterocycles. The summed E-state index contributed by atoms with van der Waals surface area (Å²) in [6.07, 6.45) is 12.1. The summed E-state index contributed by atoms with van der Waals surface area (Å²) in [5.74, 6) is 0.769. The second-order valence-corrected chi connectivity index (χ2v) is 7.30. The highest BCUT2D eigenvalue weighted by molar-refractivity contribution is 5.86. The van der Waals surface area contributed by atoms with E-state index in [9.17, 15) is 9.59 Å². The van der Waals surface area contributed by atoms with Gasteiger partial charge in [0.1, 0.15) is 11.9 Å². The molecule has 1 aliphatic rings. The van der Waals surface area contributed by atoms with Crippen LogP contribution < -0.4 is 10.6 Å². The van der Waals surface area contributed by atoms with Gasteiger partial charge in [0.15, 0.2) is 0 Å². The SMILES string of the molecule is COC(=O)C=Cc1cnc(N[C@@H](C(=O)NCC2CCCCC2)C(C)C)cn1. The molecule has 0 bridgehead atoms. The van der Waals surface area contributed by atoms with E-state index >= 15 is 0 Å². The fourth-order valence-corrected chi connectivity index (χ4v) is 3.16. The Bertz CT molecular complexity index is 637. The van der Waals surface area contributed by atoms with Crippen molar-refractivity contribution >= 4 is 23.8 Å². The first-order valence-electron chi connectivity index (χ1n) is 9.62. The quantitative estimate of drug-likeness (QED) is 0.537. The summed E-state index contributed by atoms with van der Waals surface area (Å²) in [6.45, 7) is 4.74. The summed E-state index contributed by atoms with van der Waals surface area (Å²) in [6, 6.07) is -0.376. The van der Waals surface area contributed by atoms with Crippen LogP contribution in [0.4, 0.5) is 5.82 Å². The van der Waals surface area contributed by atoms with Gasteiger partial charge in [0, 0.05) is 12.6 Å². The molecule has 1 saturated carbocycles. The van der Waals surface area contributed by atoms with Crippen LogP contribution in [-0.2, 0) is 14.3 Å². The summed E-state index contributed by atoms with van der Waals surface area (Å²) in [5.41, 5.74) is 0.536. The molecular weight excluding hydrogens is 344 g/mol. The maximum absolute atomic E-state index is 12.6. The normalized spacial score (nSPS) is 16.3. The molecule has 7 nitrogen and oxygen atoms in total. The lowest BCUT2D eigenvalue weighted by Crippen LogP contribution is -2.44. The zero-order chi connectivity index (χ0) is 19.6. The lowest BCUT2D eigenvalue weighted by molar-refractivity contribution is -0.134. The molecule has 0 aromatic carbocycles. The predicted molar refractivity (Wildman–Crippen MR) is 105 cm³/mol. The van der Waals surface area contributed by atoms with E-state index < -0.39 is 5.97 Å². The highest BCUT2D eigenvalue weighted by Crippen LogP contribution is 2.23. The molecular formula is C20H30N4O3. The topological polar surface area (TPSA) is 93.2 Å². The zero-order valence-corrected chi connectivity index (χ0v) is 16.4. The van der Waals surface area contributed by atoms with Gasteiger partial charge in [-0.2, -0.15) is 0 Å². The molecule has 1 heterocycles. The van der Waals surface area contributed by atoms with Crippen molar-refractivity contribution in [3.05, 3.63) is 24.2 Å². The number of esters is 1. The van der Waals surface area contributed by atoms with E-state index in [4.69, 9.17) is 0 Å². The number of aromatic nitrogens is 2. The minimum absolute atomic E-state index is 0.00737. The predicted octanol–water partition coefficient (Wildman–Crippen LogP) is 2.80. The summed E-state index contributed by atoms with van der Waals surface area (Å²) >= 11 is 0. The summed E-state index contributed by atoms with van der Waals surface area (Å²) in [5, 5.41) is 6.26. The molecule has 1 aromatic heterocycles. The Balaban J connectivity index is 1.91. The fraction of sp³-hybridized carbons (Fsp3) is 0.600. The molecule has 0 radical (unpaired) electrons. The molecule has 27 heavy (non-hydrogen) atoms. The number of carbonyl (C=O) groups is 2. The van der Waals surface area contributed by atoms with E-state index in [-0.39, 0.29) is 17.9 Å². The van der Waals surface area contributed by atoms with Crippen LogP contribution in [0.15, 0.2) is 18.5 Å². The second-order valence-electron chi connectivity index (χ2n) is 7.30.